The number of benzene rings is 2. The second-order valence-electron chi connectivity index (χ2n) is 6.68. The maximum atomic E-state index is 12.7. The minimum atomic E-state index is -0.263. The van der Waals surface area contributed by atoms with Gasteiger partial charge >= 0.3 is 0 Å². The van der Waals surface area contributed by atoms with Gasteiger partial charge in [-0.1, -0.05) is 46.3 Å². The van der Waals surface area contributed by atoms with E-state index in [0.29, 0.717) is 23.5 Å². The standard InChI is InChI=1S/C21H18Br2N4O2/c22-13-9-15(23)19-17(10-13)26-20(27-19)18-16(6-7-24-21(18)29)25-14(11-28)8-12-4-2-1-3-5-12/h1-7,9-10,14,28H,8,11H2,(H,26,27)(H2,24,25,29)/t14-/m0/s1. The maximum Gasteiger partial charge on any atom is 0.261 e. The van der Waals surface area contributed by atoms with E-state index in [1.165, 1.54) is 0 Å². The Bertz CT molecular complexity index is 1200. The van der Waals surface area contributed by atoms with Gasteiger partial charge < -0.3 is 20.4 Å². The van der Waals surface area contributed by atoms with E-state index < -0.39 is 0 Å². The maximum absolute atomic E-state index is 12.7. The third-order valence-corrected chi connectivity index (χ3v) is 5.67. The van der Waals surface area contributed by atoms with E-state index in [9.17, 15) is 9.90 Å². The molecular formula is C21H18Br2N4O2. The van der Waals surface area contributed by atoms with Crippen LogP contribution in [0.3, 0.4) is 0 Å². The molecule has 0 saturated heterocycles. The Morgan fingerprint density at radius 1 is 1.14 bits per heavy atom. The highest BCUT2D eigenvalue weighted by Crippen LogP contribution is 2.31. The molecule has 4 aromatic rings. The Kier molecular flexibility index (Phi) is 5.84. The summed E-state index contributed by atoms with van der Waals surface area (Å²) in [7, 11) is 0. The first-order valence-corrected chi connectivity index (χ1v) is 10.6. The van der Waals surface area contributed by atoms with Crippen molar-refractivity contribution in [3.05, 3.63) is 79.6 Å². The van der Waals surface area contributed by atoms with Gasteiger partial charge in [0.2, 0.25) is 0 Å². The van der Waals surface area contributed by atoms with Crippen LogP contribution in [-0.2, 0) is 6.42 Å². The predicted octanol–water partition coefficient (Wildman–Crippen LogP) is 4.46. The fourth-order valence-corrected chi connectivity index (χ4v) is 4.59. The predicted molar refractivity (Wildman–Crippen MR) is 122 cm³/mol. The van der Waals surface area contributed by atoms with Crippen molar-refractivity contribution in [3.8, 4) is 11.4 Å². The van der Waals surface area contributed by atoms with Gasteiger partial charge in [0, 0.05) is 15.1 Å². The highest BCUT2D eigenvalue weighted by molar-refractivity contribution is 9.11. The van der Waals surface area contributed by atoms with Crippen LogP contribution < -0.4 is 10.9 Å². The van der Waals surface area contributed by atoms with E-state index in [0.717, 1.165) is 25.5 Å². The zero-order valence-electron chi connectivity index (χ0n) is 15.2. The Balaban J connectivity index is 1.72. The van der Waals surface area contributed by atoms with Crippen LogP contribution >= 0.6 is 31.9 Å². The lowest BCUT2D eigenvalue weighted by molar-refractivity contribution is 0.274. The molecule has 4 rings (SSSR count). The molecule has 2 aromatic heterocycles. The number of pyridine rings is 1. The molecule has 6 nitrogen and oxygen atoms in total. The number of hydrogen-bond donors (Lipinski definition) is 4. The lowest BCUT2D eigenvalue weighted by Gasteiger charge is -2.19. The summed E-state index contributed by atoms with van der Waals surface area (Å²) >= 11 is 6.98. The SMILES string of the molecule is O=c1[nH]ccc(N[C@H](CO)Cc2ccccc2)c1-c1nc2c(Br)cc(Br)cc2[nH]1. The van der Waals surface area contributed by atoms with Crippen LogP contribution in [0.2, 0.25) is 0 Å². The van der Waals surface area contributed by atoms with E-state index >= 15 is 0 Å². The Morgan fingerprint density at radius 3 is 2.69 bits per heavy atom. The lowest BCUT2D eigenvalue weighted by atomic mass is 10.1. The molecule has 0 aliphatic carbocycles. The minimum Gasteiger partial charge on any atom is -0.394 e. The van der Waals surface area contributed by atoms with Crippen molar-refractivity contribution in [2.45, 2.75) is 12.5 Å². The number of anilines is 1. The van der Waals surface area contributed by atoms with Gasteiger partial charge in [0.25, 0.3) is 5.56 Å². The number of nitrogens with zero attached hydrogens (tertiary/aromatic N) is 1. The zero-order valence-corrected chi connectivity index (χ0v) is 18.4. The van der Waals surface area contributed by atoms with Crippen LogP contribution in [0.1, 0.15) is 5.56 Å². The Labute approximate surface area is 183 Å². The molecule has 2 heterocycles. The van der Waals surface area contributed by atoms with Crippen LogP contribution in [0.5, 0.6) is 0 Å². The highest BCUT2D eigenvalue weighted by atomic mass is 79.9. The van der Waals surface area contributed by atoms with Gasteiger partial charge in [0.15, 0.2) is 0 Å². The summed E-state index contributed by atoms with van der Waals surface area (Å²) in [5.74, 6) is 0.458. The summed E-state index contributed by atoms with van der Waals surface area (Å²) < 4.78 is 1.72. The van der Waals surface area contributed by atoms with E-state index in [4.69, 9.17) is 0 Å². The van der Waals surface area contributed by atoms with Crippen LogP contribution in [0.15, 0.2) is 68.5 Å². The number of imidazole rings is 1. The van der Waals surface area contributed by atoms with Crippen molar-refractivity contribution >= 4 is 48.6 Å². The largest absolute Gasteiger partial charge is 0.394 e. The number of aromatic amines is 2. The van der Waals surface area contributed by atoms with Crippen molar-refractivity contribution < 1.29 is 5.11 Å². The van der Waals surface area contributed by atoms with E-state index in [2.05, 4.69) is 52.1 Å². The molecule has 0 saturated carbocycles. The van der Waals surface area contributed by atoms with Gasteiger partial charge in [0.1, 0.15) is 16.9 Å². The molecule has 2 aromatic carbocycles. The van der Waals surface area contributed by atoms with Gasteiger partial charge in [-0.3, -0.25) is 4.79 Å². The van der Waals surface area contributed by atoms with Crippen LogP contribution in [-0.4, -0.2) is 32.7 Å². The number of nitrogens with one attached hydrogen (secondary N) is 3. The third-order valence-electron chi connectivity index (χ3n) is 4.61. The fraction of sp³-hybridized carbons (Fsp3) is 0.143. The van der Waals surface area contributed by atoms with Crippen molar-refractivity contribution in [1.82, 2.24) is 15.0 Å². The number of halogens is 2. The summed E-state index contributed by atoms with van der Waals surface area (Å²) in [6.45, 7) is -0.0697. The molecule has 148 valence electrons. The van der Waals surface area contributed by atoms with Crippen molar-refractivity contribution in [2.24, 2.45) is 0 Å². The molecule has 4 N–H and O–H groups in total. The molecule has 1 atom stereocenters. The third kappa shape index (κ3) is 4.29. The molecular weight excluding hydrogens is 500 g/mol. The molecule has 0 aliphatic rings. The number of hydrogen-bond acceptors (Lipinski definition) is 4. The molecule has 0 aliphatic heterocycles. The first kappa shape index (κ1) is 19.9. The highest BCUT2D eigenvalue weighted by Gasteiger charge is 2.18. The topological polar surface area (TPSA) is 93.8 Å². The molecule has 0 unspecified atom stereocenters. The van der Waals surface area contributed by atoms with Gasteiger partial charge in [0.05, 0.1) is 23.9 Å². The average molecular weight is 518 g/mol. The molecule has 0 radical (unpaired) electrons. The first-order valence-electron chi connectivity index (χ1n) is 9.03. The second kappa shape index (κ2) is 8.52. The summed E-state index contributed by atoms with van der Waals surface area (Å²) in [4.78, 5) is 23.2. The normalized spacial score (nSPS) is 12.2. The summed E-state index contributed by atoms with van der Waals surface area (Å²) in [5, 5.41) is 13.2. The number of aliphatic hydroxyl groups is 1. The minimum absolute atomic E-state index is 0.0697. The Hall–Kier alpha value is -2.42. The first-order chi connectivity index (χ1) is 14.0. The quantitative estimate of drug-likeness (QED) is 0.304. The summed E-state index contributed by atoms with van der Waals surface area (Å²) in [5.41, 5.74) is 3.39. The van der Waals surface area contributed by atoms with Crippen LogP contribution in [0.4, 0.5) is 5.69 Å². The smallest absolute Gasteiger partial charge is 0.261 e. The number of rotatable bonds is 6. The van der Waals surface area contributed by atoms with Crippen molar-refractivity contribution in [2.75, 3.05) is 11.9 Å². The van der Waals surface area contributed by atoms with E-state index in [1.54, 1.807) is 12.3 Å². The number of aliphatic hydroxyl groups excluding tert-OH is 1. The second-order valence-corrected chi connectivity index (χ2v) is 8.45. The lowest BCUT2D eigenvalue weighted by Crippen LogP contribution is -2.28. The molecule has 0 bridgehead atoms. The van der Waals surface area contributed by atoms with Crippen molar-refractivity contribution in [3.63, 3.8) is 0 Å². The van der Waals surface area contributed by atoms with E-state index in [1.807, 2.05) is 42.5 Å². The van der Waals surface area contributed by atoms with Gasteiger partial charge in [-0.15, -0.1) is 0 Å². The molecule has 8 heteroatoms. The number of aromatic nitrogens is 3. The molecule has 0 spiro atoms. The number of H-pyrrole nitrogens is 2. The van der Waals surface area contributed by atoms with Crippen LogP contribution in [0.25, 0.3) is 22.4 Å². The Morgan fingerprint density at radius 2 is 1.93 bits per heavy atom. The van der Waals surface area contributed by atoms with Crippen LogP contribution in [0, 0.1) is 0 Å². The molecule has 0 fully saturated rings. The average Bonchev–Trinajstić information content (AvgIpc) is 3.12. The fourth-order valence-electron chi connectivity index (χ4n) is 3.27. The van der Waals surface area contributed by atoms with Crippen molar-refractivity contribution in [1.29, 1.82) is 0 Å². The van der Waals surface area contributed by atoms with Gasteiger partial charge in [-0.25, -0.2) is 4.98 Å². The summed E-state index contributed by atoms with van der Waals surface area (Å²) in [6.07, 6.45) is 2.21. The van der Waals surface area contributed by atoms with E-state index in [-0.39, 0.29) is 18.2 Å². The molecule has 29 heavy (non-hydrogen) atoms. The summed E-state index contributed by atoms with van der Waals surface area (Å²) in [6, 6.07) is 15.3. The van der Waals surface area contributed by atoms with Gasteiger partial charge in [-0.05, 0) is 46.1 Å². The monoisotopic (exact) mass is 516 g/mol. The molecule has 0 amide bonds. The van der Waals surface area contributed by atoms with Gasteiger partial charge in [-0.2, -0.15) is 0 Å². The number of fused-ring (bicyclic) bond motifs is 1. The zero-order chi connectivity index (χ0) is 20.4.